The topological polar surface area (TPSA) is 55.4 Å². The molecule has 1 aromatic carbocycles. The highest BCUT2D eigenvalue weighted by molar-refractivity contribution is 5.99. The van der Waals surface area contributed by atoms with Crippen molar-refractivity contribution < 1.29 is 14.3 Å². The number of amides is 1. The van der Waals surface area contributed by atoms with Crippen molar-refractivity contribution in [2.45, 2.75) is 32.4 Å². The van der Waals surface area contributed by atoms with Crippen LogP contribution >= 0.6 is 0 Å². The minimum atomic E-state index is -0.677. The average molecular weight is 247 g/mol. The molecule has 18 heavy (non-hydrogen) atoms. The van der Waals surface area contributed by atoms with E-state index in [1.165, 1.54) is 0 Å². The van der Waals surface area contributed by atoms with Gasteiger partial charge in [0.1, 0.15) is 12.5 Å². The molecule has 1 atom stereocenters. The molecule has 96 valence electrons. The summed E-state index contributed by atoms with van der Waals surface area (Å²) >= 11 is 0. The van der Waals surface area contributed by atoms with Crippen LogP contribution in [0.2, 0.25) is 0 Å². The molecular weight excluding hydrogens is 230 g/mol. The predicted molar refractivity (Wildman–Crippen MR) is 66.6 cm³/mol. The van der Waals surface area contributed by atoms with Crippen molar-refractivity contribution >= 4 is 11.9 Å². The molecule has 1 unspecified atom stereocenters. The molecule has 1 aromatic rings. The van der Waals surface area contributed by atoms with Gasteiger partial charge in [-0.2, -0.15) is 0 Å². The van der Waals surface area contributed by atoms with Gasteiger partial charge < -0.3 is 10.1 Å². The van der Waals surface area contributed by atoms with Crippen molar-refractivity contribution in [3.8, 4) is 0 Å². The Hall–Kier alpha value is -1.84. The fraction of sp³-hybridized carbons (Fsp3) is 0.429. The van der Waals surface area contributed by atoms with Crippen LogP contribution in [-0.4, -0.2) is 17.4 Å². The average Bonchev–Trinajstić information content (AvgIpc) is 2.61. The van der Waals surface area contributed by atoms with E-state index in [4.69, 9.17) is 4.74 Å². The van der Waals surface area contributed by atoms with E-state index in [0.29, 0.717) is 6.42 Å². The van der Waals surface area contributed by atoms with Crippen LogP contribution in [0.4, 0.5) is 0 Å². The molecule has 1 amide bonds. The first-order chi connectivity index (χ1) is 8.48. The Balaban J connectivity index is 1.91. The standard InChI is InChI=1S/C14H17NO3/c1-14(2)8-11(12(16)15-14)13(17)18-9-10-6-4-3-5-7-10/h3-7,11H,8-9H2,1-2H3,(H,15,16). The molecular formula is C14H17NO3. The van der Waals surface area contributed by atoms with E-state index in [2.05, 4.69) is 5.32 Å². The molecule has 0 aliphatic carbocycles. The van der Waals surface area contributed by atoms with Gasteiger partial charge in [-0.15, -0.1) is 0 Å². The zero-order chi connectivity index (χ0) is 13.2. The summed E-state index contributed by atoms with van der Waals surface area (Å²) in [6.45, 7) is 4.01. The second-order valence-electron chi connectivity index (χ2n) is 5.22. The predicted octanol–water partition coefficient (Wildman–Crippen LogP) is 1.64. The van der Waals surface area contributed by atoms with Gasteiger partial charge in [-0.3, -0.25) is 9.59 Å². The van der Waals surface area contributed by atoms with Crippen LogP contribution in [0.5, 0.6) is 0 Å². The van der Waals surface area contributed by atoms with Crippen LogP contribution < -0.4 is 5.32 Å². The molecule has 1 N–H and O–H groups in total. The van der Waals surface area contributed by atoms with E-state index in [0.717, 1.165) is 5.56 Å². The van der Waals surface area contributed by atoms with E-state index < -0.39 is 11.9 Å². The Morgan fingerprint density at radius 2 is 2.06 bits per heavy atom. The molecule has 1 fully saturated rings. The highest BCUT2D eigenvalue weighted by Crippen LogP contribution is 2.25. The van der Waals surface area contributed by atoms with Gasteiger partial charge in [-0.1, -0.05) is 30.3 Å². The van der Waals surface area contributed by atoms with Crippen molar-refractivity contribution in [1.82, 2.24) is 5.32 Å². The van der Waals surface area contributed by atoms with E-state index >= 15 is 0 Å². The minimum absolute atomic E-state index is 0.212. The highest BCUT2D eigenvalue weighted by Gasteiger charge is 2.42. The molecule has 1 saturated heterocycles. The Labute approximate surface area is 106 Å². The Morgan fingerprint density at radius 1 is 1.39 bits per heavy atom. The lowest BCUT2D eigenvalue weighted by molar-refractivity contribution is -0.152. The maximum atomic E-state index is 11.8. The summed E-state index contributed by atoms with van der Waals surface area (Å²) in [7, 11) is 0. The first kappa shape index (κ1) is 12.6. The van der Waals surface area contributed by atoms with Gasteiger partial charge in [0.05, 0.1) is 0 Å². The number of benzene rings is 1. The third-order valence-corrected chi connectivity index (χ3v) is 3.00. The van der Waals surface area contributed by atoms with Crippen LogP contribution in [0.3, 0.4) is 0 Å². The molecule has 1 aliphatic rings. The summed E-state index contributed by atoms with van der Waals surface area (Å²) in [5, 5.41) is 2.78. The molecule has 0 spiro atoms. The van der Waals surface area contributed by atoms with Crippen molar-refractivity contribution in [3.05, 3.63) is 35.9 Å². The summed E-state index contributed by atoms with van der Waals surface area (Å²) in [4.78, 5) is 23.5. The number of hydrogen-bond donors (Lipinski definition) is 1. The number of ether oxygens (including phenoxy) is 1. The molecule has 2 rings (SSSR count). The smallest absolute Gasteiger partial charge is 0.318 e. The first-order valence-corrected chi connectivity index (χ1v) is 6.00. The molecule has 1 heterocycles. The van der Waals surface area contributed by atoms with Crippen molar-refractivity contribution in [2.24, 2.45) is 5.92 Å². The minimum Gasteiger partial charge on any atom is -0.460 e. The van der Waals surface area contributed by atoms with Crippen molar-refractivity contribution in [3.63, 3.8) is 0 Å². The normalized spacial score (nSPS) is 21.4. The maximum Gasteiger partial charge on any atom is 0.318 e. The van der Waals surface area contributed by atoms with Crippen molar-refractivity contribution in [1.29, 1.82) is 0 Å². The van der Waals surface area contributed by atoms with Crippen LogP contribution in [0.15, 0.2) is 30.3 Å². The molecule has 1 aliphatic heterocycles. The third kappa shape index (κ3) is 2.88. The largest absolute Gasteiger partial charge is 0.460 e. The summed E-state index contributed by atoms with van der Waals surface area (Å²) in [6, 6.07) is 9.43. The fourth-order valence-electron chi connectivity index (χ4n) is 2.09. The van der Waals surface area contributed by atoms with Crippen LogP contribution in [0.1, 0.15) is 25.8 Å². The lowest BCUT2D eigenvalue weighted by atomic mass is 9.97. The van der Waals surface area contributed by atoms with Crippen LogP contribution in [0, 0.1) is 5.92 Å². The highest BCUT2D eigenvalue weighted by atomic mass is 16.5. The van der Waals surface area contributed by atoms with Crippen molar-refractivity contribution in [2.75, 3.05) is 0 Å². The molecule has 0 bridgehead atoms. The van der Waals surface area contributed by atoms with Gasteiger partial charge in [0.15, 0.2) is 0 Å². The summed E-state index contributed by atoms with van der Waals surface area (Å²) in [5.41, 5.74) is 0.594. The number of rotatable bonds is 3. The maximum absolute atomic E-state index is 11.8. The Morgan fingerprint density at radius 3 is 2.61 bits per heavy atom. The number of carbonyl (C=O) groups excluding carboxylic acids is 2. The molecule has 4 nitrogen and oxygen atoms in total. The van der Waals surface area contributed by atoms with Gasteiger partial charge in [0.2, 0.25) is 5.91 Å². The molecule has 0 aromatic heterocycles. The van der Waals surface area contributed by atoms with Crippen LogP contribution in [0.25, 0.3) is 0 Å². The Kier molecular flexibility index (Phi) is 3.36. The second-order valence-corrected chi connectivity index (χ2v) is 5.22. The van der Waals surface area contributed by atoms with Gasteiger partial charge in [0, 0.05) is 5.54 Å². The lowest BCUT2D eigenvalue weighted by Gasteiger charge is -2.16. The summed E-state index contributed by atoms with van der Waals surface area (Å²) in [5.74, 6) is -1.36. The number of esters is 1. The van der Waals surface area contributed by atoms with Gasteiger partial charge in [-0.25, -0.2) is 0 Å². The first-order valence-electron chi connectivity index (χ1n) is 6.00. The summed E-state index contributed by atoms with van der Waals surface area (Å²) in [6.07, 6.45) is 0.486. The molecule has 4 heteroatoms. The SMILES string of the molecule is CC1(C)CC(C(=O)OCc2ccccc2)C(=O)N1. The summed E-state index contributed by atoms with van der Waals surface area (Å²) < 4.78 is 5.18. The lowest BCUT2D eigenvalue weighted by Crippen LogP contribution is -2.35. The Bertz CT molecular complexity index is 453. The van der Waals surface area contributed by atoms with E-state index in [-0.39, 0.29) is 18.1 Å². The van der Waals surface area contributed by atoms with E-state index in [1.807, 2.05) is 44.2 Å². The number of hydrogen-bond acceptors (Lipinski definition) is 3. The van der Waals surface area contributed by atoms with E-state index in [9.17, 15) is 9.59 Å². The van der Waals surface area contributed by atoms with Crippen LogP contribution in [-0.2, 0) is 20.9 Å². The van der Waals surface area contributed by atoms with E-state index in [1.54, 1.807) is 0 Å². The molecule has 0 saturated carbocycles. The fourth-order valence-corrected chi connectivity index (χ4v) is 2.09. The zero-order valence-electron chi connectivity index (χ0n) is 10.6. The third-order valence-electron chi connectivity index (χ3n) is 3.00. The number of carbonyl (C=O) groups is 2. The molecule has 0 radical (unpaired) electrons. The van der Waals surface area contributed by atoms with Gasteiger partial charge in [-0.05, 0) is 25.8 Å². The number of nitrogens with one attached hydrogen (secondary N) is 1. The van der Waals surface area contributed by atoms with Gasteiger partial charge in [0.25, 0.3) is 0 Å². The quantitative estimate of drug-likeness (QED) is 0.652. The second kappa shape index (κ2) is 4.80. The monoisotopic (exact) mass is 247 g/mol. The zero-order valence-corrected chi connectivity index (χ0v) is 10.6. The van der Waals surface area contributed by atoms with Gasteiger partial charge >= 0.3 is 5.97 Å².